The number of carbonyl (C=O) groups excluding carboxylic acids is 1. The summed E-state index contributed by atoms with van der Waals surface area (Å²) in [6, 6.07) is 8.25. The number of benzene rings is 1. The summed E-state index contributed by atoms with van der Waals surface area (Å²) in [5.74, 6) is -0.990. The topological polar surface area (TPSA) is 77.9 Å². The Hall–Kier alpha value is -2.92. The second kappa shape index (κ2) is 11.4. The van der Waals surface area contributed by atoms with Crippen LogP contribution in [0.15, 0.2) is 42.6 Å². The highest BCUT2D eigenvalue weighted by molar-refractivity contribution is 5.80. The van der Waals surface area contributed by atoms with Crippen LogP contribution in [0.2, 0.25) is 0 Å². The SMILES string of the molecule is O=C(N[C@H](CN1CCCC1)[C@H](O)c1ccc(OCC(F)(F)F)nc1)[C@@H]1CCN(c2ccc(F)cc2)C1. The van der Waals surface area contributed by atoms with Crippen molar-refractivity contribution in [2.45, 2.75) is 37.6 Å². The quantitative estimate of drug-likeness (QED) is 0.505. The van der Waals surface area contributed by atoms with E-state index in [9.17, 15) is 27.5 Å². The normalized spacial score (nSPS) is 20.4. The Kier molecular flexibility index (Phi) is 8.30. The molecular formula is C25H30F4N4O3. The van der Waals surface area contributed by atoms with Gasteiger partial charge in [-0.1, -0.05) is 0 Å². The number of pyridine rings is 1. The molecule has 1 aromatic heterocycles. The van der Waals surface area contributed by atoms with Crippen LogP contribution >= 0.6 is 0 Å². The lowest BCUT2D eigenvalue weighted by molar-refractivity contribution is -0.154. The number of halogens is 4. The van der Waals surface area contributed by atoms with Gasteiger partial charge in [0.2, 0.25) is 11.8 Å². The van der Waals surface area contributed by atoms with Crippen molar-refractivity contribution in [3.63, 3.8) is 0 Å². The van der Waals surface area contributed by atoms with Crippen molar-refractivity contribution in [2.24, 2.45) is 5.92 Å². The molecule has 0 unspecified atom stereocenters. The van der Waals surface area contributed by atoms with Gasteiger partial charge in [0.15, 0.2) is 6.61 Å². The fourth-order valence-electron chi connectivity index (χ4n) is 4.67. The van der Waals surface area contributed by atoms with E-state index in [0.29, 0.717) is 31.6 Å². The molecule has 0 radical (unpaired) electrons. The molecule has 2 aromatic rings. The summed E-state index contributed by atoms with van der Waals surface area (Å²) >= 11 is 0. The average Bonchev–Trinajstić information content (AvgIpc) is 3.55. The van der Waals surface area contributed by atoms with E-state index in [4.69, 9.17) is 0 Å². The maximum atomic E-state index is 13.2. The van der Waals surface area contributed by atoms with Crippen LogP contribution in [0, 0.1) is 11.7 Å². The number of aromatic nitrogens is 1. The van der Waals surface area contributed by atoms with E-state index in [1.807, 2.05) is 4.90 Å². The van der Waals surface area contributed by atoms with Crippen molar-refractivity contribution in [2.75, 3.05) is 44.2 Å². The second-order valence-corrected chi connectivity index (χ2v) is 9.31. The summed E-state index contributed by atoms with van der Waals surface area (Å²) in [5, 5.41) is 14.1. The predicted molar refractivity (Wildman–Crippen MR) is 125 cm³/mol. The Bertz CT molecular complexity index is 998. The Labute approximate surface area is 207 Å². The second-order valence-electron chi connectivity index (χ2n) is 9.31. The van der Waals surface area contributed by atoms with E-state index < -0.39 is 24.9 Å². The van der Waals surface area contributed by atoms with Crippen LogP contribution in [-0.4, -0.2) is 72.4 Å². The van der Waals surface area contributed by atoms with Crippen molar-refractivity contribution in [3.8, 4) is 5.88 Å². The van der Waals surface area contributed by atoms with Gasteiger partial charge in [0.1, 0.15) is 11.9 Å². The van der Waals surface area contributed by atoms with Crippen LogP contribution in [0.4, 0.5) is 23.2 Å². The smallest absolute Gasteiger partial charge is 0.422 e. The molecule has 7 nitrogen and oxygen atoms in total. The molecule has 36 heavy (non-hydrogen) atoms. The number of aliphatic hydroxyl groups is 1. The molecule has 2 aliphatic rings. The summed E-state index contributed by atoms with van der Waals surface area (Å²) in [4.78, 5) is 21.2. The number of ether oxygens (including phenoxy) is 1. The monoisotopic (exact) mass is 510 g/mol. The maximum absolute atomic E-state index is 13.2. The minimum Gasteiger partial charge on any atom is -0.468 e. The Morgan fingerprint density at radius 2 is 1.86 bits per heavy atom. The van der Waals surface area contributed by atoms with Crippen LogP contribution in [-0.2, 0) is 4.79 Å². The Morgan fingerprint density at radius 1 is 1.14 bits per heavy atom. The molecule has 0 aliphatic carbocycles. The largest absolute Gasteiger partial charge is 0.468 e. The third-order valence-electron chi connectivity index (χ3n) is 6.60. The molecular weight excluding hydrogens is 480 g/mol. The van der Waals surface area contributed by atoms with Gasteiger partial charge in [0, 0.05) is 43.1 Å². The van der Waals surface area contributed by atoms with Gasteiger partial charge in [-0.2, -0.15) is 13.2 Å². The molecule has 3 heterocycles. The molecule has 2 aliphatic heterocycles. The van der Waals surface area contributed by atoms with Gasteiger partial charge in [-0.25, -0.2) is 9.37 Å². The number of alkyl halides is 3. The van der Waals surface area contributed by atoms with Crippen molar-refractivity contribution < 1.29 is 32.2 Å². The molecule has 1 aromatic carbocycles. The average molecular weight is 511 g/mol. The van der Waals surface area contributed by atoms with Crippen molar-refractivity contribution in [1.82, 2.24) is 15.2 Å². The summed E-state index contributed by atoms with van der Waals surface area (Å²) < 4.78 is 55.0. The number of nitrogens with one attached hydrogen (secondary N) is 1. The maximum Gasteiger partial charge on any atom is 0.422 e. The van der Waals surface area contributed by atoms with E-state index in [0.717, 1.165) is 31.6 Å². The molecule has 4 rings (SSSR count). The fourth-order valence-corrected chi connectivity index (χ4v) is 4.67. The van der Waals surface area contributed by atoms with Gasteiger partial charge in [0.05, 0.1) is 12.0 Å². The molecule has 2 saturated heterocycles. The van der Waals surface area contributed by atoms with Crippen molar-refractivity contribution in [1.29, 1.82) is 0 Å². The first-order valence-electron chi connectivity index (χ1n) is 12.0. The van der Waals surface area contributed by atoms with E-state index >= 15 is 0 Å². The molecule has 2 N–H and O–H groups in total. The first-order chi connectivity index (χ1) is 17.2. The van der Waals surface area contributed by atoms with Gasteiger partial charge in [-0.3, -0.25) is 4.79 Å². The van der Waals surface area contributed by atoms with Crippen LogP contribution in [0.1, 0.15) is 30.9 Å². The Morgan fingerprint density at radius 3 is 2.50 bits per heavy atom. The first-order valence-corrected chi connectivity index (χ1v) is 12.0. The summed E-state index contributed by atoms with van der Waals surface area (Å²) in [6.45, 7) is 1.86. The predicted octanol–water partition coefficient (Wildman–Crippen LogP) is 3.30. The number of amides is 1. The highest BCUT2D eigenvalue weighted by Gasteiger charge is 2.33. The van der Waals surface area contributed by atoms with Gasteiger partial charge in [-0.05, 0) is 62.7 Å². The van der Waals surface area contributed by atoms with Crippen LogP contribution in [0.3, 0.4) is 0 Å². The van der Waals surface area contributed by atoms with Gasteiger partial charge in [0.25, 0.3) is 0 Å². The standard InChI is InChI=1S/C25H30F4N4O3/c26-19-4-6-20(7-5-19)33-12-9-18(14-33)24(35)31-21(15-32-10-1-2-11-32)23(34)17-3-8-22(30-13-17)36-16-25(27,28)29/h3-8,13,18,21,23,34H,1-2,9-12,14-16H2,(H,31,35)/t18-,21-,23-/m1/s1. The minimum atomic E-state index is -4.47. The number of nitrogens with zero attached hydrogens (tertiary/aromatic N) is 3. The third kappa shape index (κ3) is 7.07. The molecule has 11 heteroatoms. The van der Waals surface area contributed by atoms with E-state index in [2.05, 4.69) is 19.9 Å². The zero-order chi connectivity index (χ0) is 25.7. The van der Waals surface area contributed by atoms with E-state index in [-0.39, 0.29) is 23.5 Å². The number of hydrogen-bond donors (Lipinski definition) is 2. The van der Waals surface area contributed by atoms with Crippen LogP contribution in [0.25, 0.3) is 0 Å². The fraction of sp³-hybridized carbons (Fsp3) is 0.520. The lowest BCUT2D eigenvalue weighted by Gasteiger charge is -2.29. The zero-order valence-electron chi connectivity index (χ0n) is 19.8. The number of likely N-dealkylation sites (tertiary alicyclic amines) is 1. The number of rotatable bonds is 9. The number of hydrogen-bond acceptors (Lipinski definition) is 6. The summed E-state index contributed by atoms with van der Waals surface area (Å²) in [6.07, 6.45) is -1.60. The molecule has 196 valence electrons. The van der Waals surface area contributed by atoms with Gasteiger partial charge in [-0.15, -0.1) is 0 Å². The molecule has 0 saturated carbocycles. The third-order valence-corrected chi connectivity index (χ3v) is 6.60. The van der Waals surface area contributed by atoms with Crippen LogP contribution in [0.5, 0.6) is 5.88 Å². The first kappa shape index (κ1) is 26.2. The van der Waals surface area contributed by atoms with Gasteiger partial charge < -0.3 is 25.0 Å². The number of aliphatic hydroxyl groups excluding tert-OH is 1. The molecule has 2 fully saturated rings. The number of anilines is 1. The Balaban J connectivity index is 1.40. The highest BCUT2D eigenvalue weighted by atomic mass is 19.4. The van der Waals surface area contributed by atoms with E-state index in [1.54, 1.807) is 12.1 Å². The lowest BCUT2D eigenvalue weighted by atomic mass is 10.0. The van der Waals surface area contributed by atoms with Crippen molar-refractivity contribution >= 4 is 11.6 Å². The molecule has 0 spiro atoms. The lowest BCUT2D eigenvalue weighted by Crippen LogP contribution is -2.48. The van der Waals surface area contributed by atoms with Crippen LogP contribution < -0.4 is 15.0 Å². The number of carbonyl (C=O) groups is 1. The van der Waals surface area contributed by atoms with Crippen molar-refractivity contribution in [3.05, 3.63) is 54.0 Å². The molecule has 0 bridgehead atoms. The molecule has 3 atom stereocenters. The van der Waals surface area contributed by atoms with E-state index in [1.165, 1.54) is 30.5 Å². The summed E-state index contributed by atoms with van der Waals surface area (Å²) in [7, 11) is 0. The van der Waals surface area contributed by atoms with Gasteiger partial charge >= 0.3 is 6.18 Å². The summed E-state index contributed by atoms with van der Waals surface area (Å²) in [5.41, 5.74) is 1.22. The molecule has 1 amide bonds. The highest BCUT2D eigenvalue weighted by Crippen LogP contribution is 2.26. The zero-order valence-corrected chi connectivity index (χ0v) is 19.8. The minimum absolute atomic E-state index is 0.180.